The molecule has 4 nitrogen and oxygen atoms in total. The Morgan fingerprint density at radius 1 is 1.42 bits per heavy atom. The number of esters is 1. The van der Waals surface area contributed by atoms with Crippen molar-refractivity contribution in [2.75, 3.05) is 12.8 Å². The van der Waals surface area contributed by atoms with Crippen LogP contribution in [0.25, 0.3) is 0 Å². The van der Waals surface area contributed by atoms with Gasteiger partial charge in [0.15, 0.2) is 0 Å². The molecular formula is C13H12BrNO3S. The van der Waals surface area contributed by atoms with E-state index in [1.807, 2.05) is 11.4 Å². The number of methoxy groups -OCH3 is 1. The number of benzene rings is 1. The fraction of sp³-hybridized carbons (Fsp3) is 0.154. The minimum Gasteiger partial charge on any atom is -0.496 e. The molecule has 2 N–H and O–H groups in total. The highest BCUT2D eigenvalue weighted by Crippen LogP contribution is 2.24. The van der Waals surface area contributed by atoms with Gasteiger partial charge in [-0.15, -0.1) is 11.3 Å². The summed E-state index contributed by atoms with van der Waals surface area (Å²) >= 11 is 4.87. The van der Waals surface area contributed by atoms with E-state index in [1.54, 1.807) is 18.2 Å². The molecule has 19 heavy (non-hydrogen) atoms. The zero-order chi connectivity index (χ0) is 13.8. The van der Waals surface area contributed by atoms with Crippen LogP contribution in [0.2, 0.25) is 0 Å². The lowest BCUT2D eigenvalue weighted by molar-refractivity contribution is 0.0473. The van der Waals surface area contributed by atoms with Crippen LogP contribution in [-0.4, -0.2) is 13.1 Å². The van der Waals surface area contributed by atoms with Crippen molar-refractivity contribution in [3.05, 3.63) is 44.6 Å². The second-order valence-corrected chi connectivity index (χ2v) is 5.68. The molecule has 0 unspecified atom stereocenters. The lowest BCUT2D eigenvalue weighted by Gasteiger charge is -2.08. The first-order chi connectivity index (χ1) is 9.10. The van der Waals surface area contributed by atoms with E-state index in [9.17, 15) is 4.79 Å². The normalized spacial score (nSPS) is 10.2. The third-order valence-corrected chi connectivity index (χ3v) is 4.08. The molecule has 6 heteroatoms. The third-order valence-electron chi connectivity index (χ3n) is 2.41. The summed E-state index contributed by atoms with van der Waals surface area (Å²) in [4.78, 5) is 13.0. The molecule has 100 valence electrons. The quantitative estimate of drug-likeness (QED) is 0.683. The summed E-state index contributed by atoms with van der Waals surface area (Å²) < 4.78 is 11.3. The molecule has 1 heterocycles. The van der Waals surface area contributed by atoms with Gasteiger partial charge in [-0.05, 0) is 40.2 Å². The molecule has 0 amide bonds. The molecule has 1 aromatic heterocycles. The van der Waals surface area contributed by atoms with Crippen molar-refractivity contribution < 1.29 is 14.3 Å². The number of hydrogen-bond acceptors (Lipinski definition) is 5. The van der Waals surface area contributed by atoms with Gasteiger partial charge >= 0.3 is 5.97 Å². The Morgan fingerprint density at radius 2 is 2.21 bits per heavy atom. The number of rotatable bonds is 4. The van der Waals surface area contributed by atoms with Gasteiger partial charge in [0, 0.05) is 20.4 Å². The van der Waals surface area contributed by atoms with Crippen molar-refractivity contribution in [2.45, 2.75) is 6.61 Å². The molecular weight excluding hydrogens is 330 g/mol. The number of anilines is 1. The van der Waals surface area contributed by atoms with Crippen molar-refractivity contribution in [3.63, 3.8) is 0 Å². The molecule has 0 bridgehead atoms. The van der Waals surface area contributed by atoms with E-state index in [2.05, 4.69) is 15.9 Å². The number of nitrogens with two attached hydrogens (primary N) is 1. The van der Waals surface area contributed by atoms with E-state index in [0.717, 1.165) is 9.35 Å². The minimum absolute atomic E-state index is 0.229. The molecule has 2 rings (SSSR count). The van der Waals surface area contributed by atoms with Crippen LogP contribution in [0.4, 0.5) is 5.69 Å². The van der Waals surface area contributed by atoms with Gasteiger partial charge in [0.25, 0.3) is 0 Å². The molecule has 1 aromatic carbocycles. The van der Waals surface area contributed by atoms with Crippen molar-refractivity contribution in [1.82, 2.24) is 0 Å². The fourth-order valence-corrected chi connectivity index (χ4v) is 2.89. The average Bonchev–Trinajstić information content (AvgIpc) is 2.81. The average molecular weight is 342 g/mol. The smallest absolute Gasteiger partial charge is 0.342 e. The van der Waals surface area contributed by atoms with Crippen LogP contribution in [0.3, 0.4) is 0 Å². The molecule has 0 atom stereocenters. The zero-order valence-electron chi connectivity index (χ0n) is 10.2. The van der Waals surface area contributed by atoms with E-state index in [-0.39, 0.29) is 6.61 Å². The van der Waals surface area contributed by atoms with Gasteiger partial charge in [-0.2, -0.15) is 0 Å². The number of halogens is 1. The second-order valence-electron chi connectivity index (χ2n) is 3.77. The van der Waals surface area contributed by atoms with E-state index < -0.39 is 5.97 Å². The first-order valence-corrected chi connectivity index (χ1v) is 7.11. The van der Waals surface area contributed by atoms with Crippen molar-refractivity contribution in [3.8, 4) is 5.75 Å². The largest absolute Gasteiger partial charge is 0.496 e. The number of hydrogen-bond donors (Lipinski definition) is 1. The summed E-state index contributed by atoms with van der Waals surface area (Å²) in [7, 11) is 1.50. The van der Waals surface area contributed by atoms with Gasteiger partial charge in [-0.3, -0.25) is 0 Å². The first-order valence-electron chi connectivity index (χ1n) is 5.43. The Balaban J connectivity index is 2.09. The summed E-state index contributed by atoms with van der Waals surface area (Å²) in [5.74, 6) is 0.000215. The van der Waals surface area contributed by atoms with Crippen molar-refractivity contribution in [1.29, 1.82) is 0 Å². The van der Waals surface area contributed by atoms with Crippen LogP contribution in [0.5, 0.6) is 5.75 Å². The molecule has 0 aliphatic carbocycles. The molecule has 2 aromatic rings. The Labute approximate surface area is 123 Å². The Hall–Kier alpha value is -1.53. The van der Waals surface area contributed by atoms with Crippen molar-refractivity contribution in [2.24, 2.45) is 0 Å². The van der Waals surface area contributed by atoms with Gasteiger partial charge < -0.3 is 15.2 Å². The summed E-state index contributed by atoms with van der Waals surface area (Å²) in [5, 5.41) is 1.93. The second kappa shape index (κ2) is 6.08. The molecule has 0 fully saturated rings. The Bertz CT molecular complexity index is 597. The van der Waals surface area contributed by atoms with Gasteiger partial charge in [-0.25, -0.2) is 4.79 Å². The van der Waals surface area contributed by atoms with E-state index >= 15 is 0 Å². The van der Waals surface area contributed by atoms with Gasteiger partial charge in [0.2, 0.25) is 0 Å². The van der Waals surface area contributed by atoms with Crippen LogP contribution in [0, 0.1) is 0 Å². The SMILES string of the molecule is COc1ccc(N)cc1C(=O)OCc1cc(Br)cs1. The molecule has 0 aliphatic rings. The number of nitrogen functional groups attached to an aromatic ring is 1. The molecule has 0 aliphatic heterocycles. The summed E-state index contributed by atoms with van der Waals surface area (Å²) in [6.45, 7) is 0.229. The van der Waals surface area contributed by atoms with E-state index in [0.29, 0.717) is 17.0 Å². The standard InChI is InChI=1S/C13H12BrNO3S/c1-17-12-3-2-9(15)5-11(12)13(16)18-6-10-4-8(14)7-19-10/h2-5,7H,6,15H2,1H3. The van der Waals surface area contributed by atoms with Crippen LogP contribution in [0.1, 0.15) is 15.2 Å². The highest BCUT2D eigenvalue weighted by Gasteiger charge is 2.14. The Kier molecular flexibility index (Phi) is 4.44. The monoisotopic (exact) mass is 341 g/mol. The number of thiophene rings is 1. The number of carbonyl (C=O) groups is 1. The first kappa shape index (κ1) is 13.9. The number of ether oxygens (including phenoxy) is 2. The summed E-state index contributed by atoms with van der Waals surface area (Å²) in [6.07, 6.45) is 0. The minimum atomic E-state index is -0.450. The molecule has 0 saturated heterocycles. The summed E-state index contributed by atoms with van der Waals surface area (Å²) in [5.41, 5.74) is 6.49. The number of carbonyl (C=O) groups excluding carboxylic acids is 1. The highest BCUT2D eigenvalue weighted by molar-refractivity contribution is 9.10. The van der Waals surface area contributed by atoms with Crippen LogP contribution in [0.15, 0.2) is 34.1 Å². The van der Waals surface area contributed by atoms with Gasteiger partial charge in [-0.1, -0.05) is 0 Å². The lowest BCUT2D eigenvalue weighted by atomic mass is 10.2. The van der Waals surface area contributed by atoms with E-state index in [1.165, 1.54) is 18.4 Å². The third kappa shape index (κ3) is 3.48. The fourth-order valence-electron chi connectivity index (χ4n) is 1.53. The maximum absolute atomic E-state index is 12.0. The van der Waals surface area contributed by atoms with E-state index in [4.69, 9.17) is 15.2 Å². The van der Waals surface area contributed by atoms with Crippen LogP contribution >= 0.6 is 27.3 Å². The summed E-state index contributed by atoms with van der Waals surface area (Å²) in [6, 6.07) is 6.78. The van der Waals surface area contributed by atoms with Crippen LogP contribution < -0.4 is 10.5 Å². The van der Waals surface area contributed by atoms with Gasteiger partial charge in [0.05, 0.1) is 7.11 Å². The molecule has 0 spiro atoms. The predicted octanol–water partition coefficient (Wildman–Crippen LogP) is 3.46. The molecule has 0 saturated carbocycles. The predicted molar refractivity (Wildman–Crippen MR) is 78.5 cm³/mol. The maximum atomic E-state index is 12.0. The maximum Gasteiger partial charge on any atom is 0.342 e. The van der Waals surface area contributed by atoms with Crippen molar-refractivity contribution >= 4 is 38.9 Å². The zero-order valence-corrected chi connectivity index (χ0v) is 12.6. The van der Waals surface area contributed by atoms with Crippen LogP contribution in [-0.2, 0) is 11.3 Å². The Morgan fingerprint density at radius 3 is 2.84 bits per heavy atom. The highest BCUT2D eigenvalue weighted by atomic mass is 79.9. The topological polar surface area (TPSA) is 61.5 Å². The molecule has 0 radical (unpaired) electrons. The lowest BCUT2D eigenvalue weighted by Crippen LogP contribution is -2.07. The van der Waals surface area contributed by atoms with Gasteiger partial charge in [0.1, 0.15) is 17.9 Å².